The lowest BCUT2D eigenvalue weighted by molar-refractivity contribution is 0.0320. The molecule has 22 heavy (non-hydrogen) atoms. The van der Waals surface area contributed by atoms with Crippen molar-refractivity contribution in [1.82, 2.24) is 14.9 Å². The van der Waals surface area contributed by atoms with Gasteiger partial charge in [-0.15, -0.1) is 0 Å². The summed E-state index contributed by atoms with van der Waals surface area (Å²) >= 11 is 0. The van der Waals surface area contributed by atoms with Crippen molar-refractivity contribution < 1.29 is 13.9 Å². The minimum absolute atomic E-state index is 0.00157. The second-order valence-electron chi connectivity index (χ2n) is 5.04. The molecule has 0 bridgehead atoms. The van der Waals surface area contributed by atoms with Gasteiger partial charge in [0.05, 0.1) is 24.1 Å². The van der Waals surface area contributed by atoms with Gasteiger partial charge in [-0.3, -0.25) is 14.7 Å². The maximum absolute atomic E-state index is 14.0. The second kappa shape index (κ2) is 6.29. The van der Waals surface area contributed by atoms with Crippen molar-refractivity contribution in [3.8, 4) is 5.75 Å². The predicted molar refractivity (Wildman–Crippen MR) is 77.9 cm³/mol. The SMILES string of the molecule is O=c1[nH]c(=O)c2cc(OCCN3CCOCC3)c(F)cc2[nH]1. The molecule has 0 saturated carbocycles. The molecule has 7 nitrogen and oxygen atoms in total. The van der Waals surface area contributed by atoms with Crippen molar-refractivity contribution in [2.45, 2.75) is 0 Å². The zero-order valence-electron chi connectivity index (χ0n) is 11.9. The number of ether oxygens (including phenoxy) is 2. The molecule has 2 aromatic rings. The van der Waals surface area contributed by atoms with E-state index in [1.54, 1.807) is 0 Å². The Kier molecular flexibility index (Phi) is 4.21. The number of hydrogen-bond donors (Lipinski definition) is 2. The van der Waals surface area contributed by atoms with Gasteiger partial charge >= 0.3 is 5.69 Å². The first kappa shape index (κ1) is 14.7. The van der Waals surface area contributed by atoms with Crippen LogP contribution in [0, 0.1) is 5.82 Å². The van der Waals surface area contributed by atoms with Crippen LogP contribution in [-0.2, 0) is 4.74 Å². The summed E-state index contributed by atoms with van der Waals surface area (Å²) in [6, 6.07) is 2.40. The van der Waals surface area contributed by atoms with Crippen molar-refractivity contribution in [3.05, 3.63) is 38.8 Å². The molecule has 0 atom stereocenters. The lowest BCUT2D eigenvalue weighted by atomic mass is 10.2. The van der Waals surface area contributed by atoms with Crippen LogP contribution in [0.1, 0.15) is 0 Å². The molecule has 0 radical (unpaired) electrons. The van der Waals surface area contributed by atoms with Crippen LogP contribution in [0.15, 0.2) is 21.7 Å². The number of aromatic nitrogens is 2. The number of aromatic amines is 2. The maximum atomic E-state index is 14.0. The van der Waals surface area contributed by atoms with E-state index in [4.69, 9.17) is 9.47 Å². The molecular weight excluding hydrogens is 293 g/mol. The summed E-state index contributed by atoms with van der Waals surface area (Å²) in [4.78, 5) is 29.5. The molecule has 3 rings (SSSR count). The van der Waals surface area contributed by atoms with Gasteiger partial charge in [0, 0.05) is 25.7 Å². The molecule has 2 N–H and O–H groups in total. The zero-order valence-corrected chi connectivity index (χ0v) is 11.9. The molecule has 8 heteroatoms. The number of hydrogen-bond acceptors (Lipinski definition) is 5. The van der Waals surface area contributed by atoms with Crippen LogP contribution in [-0.4, -0.2) is 54.3 Å². The van der Waals surface area contributed by atoms with E-state index >= 15 is 0 Å². The lowest BCUT2D eigenvalue weighted by Crippen LogP contribution is -2.38. The minimum Gasteiger partial charge on any atom is -0.489 e. The summed E-state index contributed by atoms with van der Waals surface area (Å²) in [5.74, 6) is -0.617. The third-order valence-corrected chi connectivity index (χ3v) is 3.56. The molecule has 1 aliphatic rings. The van der Waals surface area contributed by atoms with Crippen LogP contribution < -0.4 is 16.0 Å². The average molecular weight is 309 g/mol. The normalized spacial score (nSPS) is 16.0. The average Bonchev–Trinajstić information content (AvgIpc) is 2.49. The lowest BCUT2D eigenvalue weighted by Gasteiger charge is -2.26. The van der Waals surface area contributed by atoms with Gasteiger partial charge in [0.15, 0.2) is 11.6 Å². The summed E-state index contributed by atoms with van der Waals surface area (Å²) in [6.07, 6.45) is 0. The highest BCUT2D eigenvalue weighted by molar-refractivity contribution is 5.79. The predicted octanol–water partition coefficient (Wildman–Crippen LogP) is 0.0665. The molecule has 1 aromatic carbocycles. The monoisotopic (exact) mass is 309 g/mol. The van der Waals surface area contributed by atoms with E-state index in [2.05, 4.69) is 14.9 Å². The third kappa shape index (κ3) is 3.18. The fraction of sp³-hybridized carbons (Fsp3) is 0.429. The summed E-state index contributed by atoms with van der Waals surface area (Å²) in [7, 11) is 0. The Bertz CT molecular complexity index is 780. The van der Waals surface area contributed by atoms with Gasteiger partial charge in [-0.25, -0.2) is 9.18 Å². The molecule has 1 aromatic heterocycles. The van der Waals surface area contributed by atoms with E-state index in [1.165, 1.54) is 6.07 Å². The summed E-state index contributed by atoms with van der Waals surface area (Å²) in [5, 5.41) is 0.183. The molecule has 1 fully saturated rings. The Labute approximate surface area is 124 Å². The zero-order chi connectivity index (χ0) is 15.5. The number of nitrogens with zero attached hydrogens (tertiary/aromatic N) is 1. The molecule has 0 spiro atoms. The first-order valence-electron chi connectivity index (χ1n) is 7.02. The molecule has 1 saturated heterocycles. The van der Waals surface area contributed by atoms with Gasteiger partial charge in [0.1, 0.15) is 6.61 Å². The van der Waals surface area contributed by atoms with Crippen molar-refractivity contribution in [3.63, 3.8) is 0 Å². The number of halogens is 1. The summed E-state index contributed by atoms with van der Waals surface area (Å²) in [5.41, 5.74) is -1.10. The Morgan fingerprint density at radius 1 is 1.23 bits per heavy atom. The Balaban J connectivity index is 1.74. The standard InChI is InChI=1S/C14H16FN3O4/c15-10-8-11-9(13(19)17-14(20)16-11)7-12(10)22-6-3-18-1-4-21-5-2-18/h7-8H,1-6H2,(H2,16,17,19,20). The van der Waals surface area contributed by atoms with Gasteiger partial charge in [0.25, 0.3) is 5.56 Å². The highest BCUT2D eigenvalue weighted by Crippen LogP contribution is 2.21. The maximum Gasteiger partial charge on any atom is 0.326 e. The smallest absolute Gasteiger partial charge is 0.326 e. The van der Waals surface area contributed by atoms with Gasteiger partial charge < -0.3 is 14.5 Å². The number of nitrogens with one attached hydrogen (secondary N) is 2. The molecule has 1 aliphatic heterocycles. The molecule has 118 valence electrons. The molecule has 2 heterocycles. The fourth-order valence-corrected chi connectivity index (χ4v) is 2.39. The van der Waals surface area contributed by atoms with Gasteiger partial charge in [-0.2, -0.15) is 0 Å². The molecule has 0 amide bonds. The molecule has 0 aliphatic carbocycles. The van der Waals surface area contributed by atoms with E-state index in [9.17, 15) is 14.0 Å². The van der Waals surface area contributed by atoms with Gasteiger partial charge in [-0.1, -0.05) is 0 Å². The Morgan fingerprint density at radius 2 is 2.00 bits per heavy atom. The van der Waals surface area contributed by atoms with Crippen LogP contribution in [0.4, 0.5) is 4.39 Å². The van der Waals surface area contributed by atoms with Crippen molar-refractivity contribution in [2.75, 3.05) is 39.5 Å². The minimum atomic E-state index is -0.669. The number of H-pyrrole nitrogens is 2. The quantitative estimate of drug-likeness (QED) is 0.834. The van der Waals surface area contributed by atoms with Crippen molar-refractivity contribution in [1.29, 1.82) is 0 Å². The highest BCUT2D eigenvalue weighted by atomic mass is 19.1. The highest BCUT2D eigenvalue weighted by Gasteiger charge is 2.12. The summed E-state index contributed by atoms with van der Waals surface area (Å²) < 4.78 is 24.6. The van der Waals surface area contributed by atoms with Crippen LogP contribution in [0.5, 0.6) is 5.75 Å². The van der Waals surface area contributed by atoms with Crippen LogP contribution in [0.2, 0.25) is 0 Å². The Morgan fingerprint density at radius 3 is 2.77 bits per heavy atom. The first-order valence-corrected chi connectivity index (χ1v) is 7.02. The Hall–Kier alpha value is -2.19. The summed E-state index contributed by atoms with van der Waals surface area (Å²) in [6.45, 7) is 3.99. The largest absolute Gasteiger partial charge is 0.489 e. The van der Waals surface area contributed by atoms with E-state index in [0.29, 0.717) is 26.4 Å². The van der Waals surface area contributed by atoms with E-state index in [0.717, 1.165) is 19.2 Å². The van der Waals surface area contributed by atoms with Gasteiger partial charge in [-0.05, 0) is 6.07 Å². The molecular formula is C14H16FN3O4. The van der Waals surface area contributed by atoms with E-state index in [-0.39, 0.29) is 16.7 Å². The van der Waals surface area contributed by atoms with Crippen molar-refractivity contribution in [2.24, 2.45) is 0 Å². The number of rotatable bonds is 4. The van der Waals surface area contributed by atoms with Crippen molar-refractivity contribution >= 4 is 10.9 Å². The number of morpholine rings is 1. The van der Waals surface area contributed by atoms with E-state index < -0.39 is 17.1 Å². The van der Waals surface area contributed by atoms with Crippen LogP contribution in [0.3, 0.4) is 0 Å². The fourth-order valence-electron chi connectivity index (χ4n) is 2.39. The molecule has 0 unspecified atom stereocenters. The third-order valence-electron chi connectivity index (χ3n) is 3.56. The van der Waals surface area contributed by atoms with Gasteiger partial charge in [0.2, 0.25) is 0 Å². The van der Waals surface area contributed by atoms with E-state index in [1.807, 2.05) is 0 Å². The van der Waals surface area contributed by atoms with Crippen LogP contribution in [0.25, 0.3) is 10.9 Å². The number of fused-ring (bicyclic) bond motifs is 1. The van der Waals surface area contributed by atoms with Crippen LogP contribution >= 0.6 is 0 Å². The first-order chi connectivity index (χ1) is 10.6. The number of benzene rings is 1. The second-order valence-corrected chi connectivity index (χ2v) is 5.04. The topological polar surface area (TPSA) is 87.4 Å².